The highest BCUT2D eigenvalue weighted by molar-refractivity contribution is 5.83. The van der Waals surface area contributed by atoms with E-state index in [2.05, 4.69) is 18.9 Å². The summed E-state index contributed by atoms with van der Waals surface area (Å²) in [5.41, 5.74) is 0.661. The van der Waals surface area contributed by atoms with E-state index in [0.717, 1.165) is 19.3 Å². The Bertz CT molecular complexity index is 202. The average Bonchev–Trinajstić information content (AvgIpc) is 2.11. The molecule has 0 rings (SSSR count). The molecule has 82 valence electrons. The Morgan fingerprint density at radius 1 is 1.43 bits per heavy atom. The van der Waals surface area contributed by atoms with Crippen molar-refractivity contribution in [1.29, 1.82) is 0 Å². The molecule has 0 amide bonds. The zero-order valence-corrected chi connectivity index (χ0v) is 9.32. The van der Waals surface area contributed by atoms with Gasteiger partial charge >= 0.3 is 0 Å². The van der Waals surface area contributed by atoms with E-state index < -0.39 is 5.03 Å². The minimum Gasteiger partial charge on any atom is -0.233 e. The third-order valence-corrected chi connectivity index (χ3v) is 2.48. The van der Waals surface area contributed by atoms with Crippen molar-refractivity contribution in [2.75, 3.05) is 0 Å². The Hall–Kier alpha value is -0.930. The largest absolute Gasteiger partial charge is 0.233 e. The van der Waals surface area contributed by atoms with E-state index >= 15 is 0 Å². The van der Waals surface area contributed by atoms with Gasteiger partial charge in [-0.2, -0.15) is 0 Å². The van der Waals surface area contributed by atoms with Gasteiger partial charge in [-0.3, -0.25) is 0 Å². The standard InChI is InChI=1S/C10H20N2O2/c1-4-6-7-8-10(5-2)9(3)11-12(13)14/h10H,4-8H2,1-3H3/b11-9+. The van der Waals surface area contributed by atoms with Crippen LogP contribution in [0.1, 0.15) is 52.9 Å². The normalized spacial score (nSPS) is 14.1. The van der Waals surface area contributed by atoms with Crippen molar-refractivity contribution in [2.45, 2.75) is 52.9 Å². The molecule has 0 bridgehead atoms. The summed E-state index contributed by atoms with van der Waals surface area (Å²) in [7, 11) is 0. The van der Waals surface area contributed by atoms with Gasteiger partial charge < -0.3 is 0 Å². The number of unbranched alkanes of at least 4 members (excludes halogenated alkanes) is 2. The third-order valence-electron chi connectivity index (χ3n) is 2.48. The number of hydrogen-bond acceptors (Lipinski definition) is 2. The molecule has 0 aromatic heterocycles. The highest BCUT2D eigenvalue weighted by Gasteiger charge is 2.12. The van der Waals surface area contributed by atoms with Gasteiger partial charge in [-0.15, -0.1) is 0 Å². The van der Waals surface area contributed by atoms with Crippen molar-refractivity contribution in [3.8, 4) is 0 Å². The smallest absolute Gasteiger partial charge is 0.190 e. The molecular formula is C10H20N2O2. The van der Waals surface area contributed by atoms with Crippen LogP contribution in [0.3, 0.4) is 0 Å². The lowest BCUT2D eigenvalue weighted by Crippen LogP contribution is -2.12. The Labute approximate surface area is 85.5 Å². The predicted octanol–water partition coefficient (Wildman–Crippen LogP) is 3.25. The Kier molecular flexibility index (Phi) is 6.98. The average molecular weight is 200 g/mol. The second kappa shape index (κ2) is 7.47. The lowest BCUT2D eigenvalue weighted by Gasteiger charge is -2.11. The van der Waals surface area contributed by atoms with Crippen LogP contribution in [-0.2, 0) is 0 Å². The van der Waals surface area contributed by atoms with Crippen LogP contribution in [-0.4, -0.2) is 10.7 Å². The van der Waals surface area contributed by atoms with E-state index in [9.17, 15) is 10.1 Å². The fraction of sp³-hybridized carbons (Fsp3) is 0.900. The third kappa shape index (κ3) is 5.67. The zero-order valence-electron chi connectivity index (χ0n) is 9.32. The van der Waals surface area contributed by atoms with Crippen LogP contribution in [0.25, 0.3) is 0 Å². The molecule has 0 aliphatic heterocycles. The highest BCUT2D eigenvalue weighted by atomic mass is 16.7. The molecule has 0 radical (unpaired) electrons. The van der Waals surface area contributed by atoms with Crippen molar-refractivity contribution in [3.05, 3.63) is 10.1 Å². The molecule has 0 saturated heterocycles. The fourth-order valence-corrected chi connectivity index (χ4v) is 1.56. The van der Waals surface area contributed by atoms with E-state index in [1.54, 1.807) is 6.92 Å². The van der Waals surface area contributed by atoms with Crippen LogP contribution in [0.4, 0.5) is 0 Å². The van der Waals surface area contributed by atoms with Crippen LogP contribution >= 0.6 is 0 Å². The molecule has 14 heavy (non-hydrogen) atoms. The van der Waals surface area contributed by atoms with Crippen molar-refractivity contribution < 1.29 is 5.03 Å². The quantitative estimate of drug-likeness (QED) is 0.274. The molecule has 1 unspecified atom stereocenters. The van der Waals surface area contributed by atoms with Crippen molar-refractivity contribution in [2.24, 2.45) is 11.0 Å². The number of hydrazone groups is 1. The molecule has 0 fully saturated rings. The van der Waals surface area contributed by atoms with Gasteiger partial charge in [0.2, 0.25) is 0 Å². The summed E-state index contributed by atoms with van der Waals surface area (Å²) in [5, 5.41) is 12.9. The van der Waals surface area contributed by atoms with Gasteiger partial charge in [0.05, 0.1) is 10.8 Å². The maximum atomic E-state index is 10.2. The van der Waals surface area contributed by atoms with E-state index in [4.69, 9.17) is 0 Å². The van der Waals surface area contributed by atoms with E-state index in [1.807, 2.05) is 0 Å². The molecule has 0 heterocycles. The first-order chi connectivity index (χ1) is 6.61. The molecular weight excluding hydrogens is 180 g/mol. The lowest BCUT2D eigenvalue weighted by atomic mass is 9.94. The summed E-state index contributed by atoms with van der Waals surface area (Å²) in [6.45, 7) is 5.96. The first kappa shape index (κ1) is 13.1. The molecule has 0 aromatic carbocycles. The first-order valence-corrected chi connectivity index (χ1v) is 5.31. The Balaban J connectivity index is 4.05. The van der Waals surface area contributed by atoms with Crippen molar-refractivity contribution in [1.82, 2.24) is 0 Å². The maximum absolute atomic E-state index is 10.2. The van der Waals surface area contributed by atoms with Gasteiger partial charge in [0, 0.05) is 5.92 Å². The van der Waals surface area contributed by atoms with Gasteiger partial charge in [-0.25, -0.2) is 10.1 Å². The van der Waals surface area contributed by atoms with Crippen LogP contribution < -0.4 is 0 Å². The monoisotopic (exact) mass is 200 g/mol. The Morgan fingerprint density at radius 2 is 2.07 bits per heavy atom. The van der Waals surface area contributed by atoms with Crippen molar-refractivity contribution in [3.63, 3.8) is 0 Å². The molecule has 0 N–H and O–H groups in total. The summed E-state index contributed by atoms with van der Waals surface area (Å²) in [4.78, 5) is 10.2. The van der Waals surface area contributed by atoms with Gasteiger partial charge in [0.15, 0.2) is 5.03 Å². The van der Waals surface area contributed by atoms with Crippen LogP contribution in [0, 0.1) is 16.0 Å². The van der Waals surface area contributed by atoms with Crippen LogP contribution in [0.15, 0.2) is 5.10 Å². The number of hydrogen-bond donors (Lipinski definition) is 0. The summed E-state index contributed by atoms with van der Waals surface area (Å²) in [5.74, 6) is 0.284. The van der Waals surface area contributed by atoms with Crippen LogP contribution in [0.5, 0.6) is 0 Å². The molecule has 0 aromatic rings. The molecule has 0 spiro atoms. The minimum atomic E-state index is -0.599. The van der Waals surface area contributed by atoms with E-state index in [-0.39, 0.29) is 5.92 Å². The summed E-state index contributed by atoms with van der Waals surface area (Å²) < 4.78 is 0. The van der Waals surface area contributed by atoms with Gasteiger partial charge in [-0.05, 0) is 19.8 Å². The van der Waals surface area contributed by atoms with Gasteiger partial charge in [0.1, 0.15) is 0 Å². The summed E-state index contributed by atoms with van der Waals surface area (Å²) >= 11 is 0. The maximum Gasteiger partial charge on any atom is 0.190 e. The Morgan fingerprint density at radius 3 is 2.50 bits per heavy atom. The molecule has 0 aliphatic carbocycles. The first-order valence-electron chi connectivity index (χ1n) is 5.31. The molecule has 1 atom stereocenters. The fourth-order valence-electron chi connectivity index (χ4n) is 1.56. The predicted molar refractivity (Wildman–Crippen MR) is 58.0 cm³/mol. The number of rotatable bonds is 7. The SMILES string of the molecule is CCCCCC(CC)/C(C)=N/[N+](=O)[O-]. The molecule has 4 nitrogen and oxygen atoms in total. The molecule has 4 heteroatoms. The minimum absolute atomic E-state index is 0.284. The van der Waals surface area contributed by atoms with Crippen LogP contribution in [0.2, 0.25) is 0 Å². The summed E-state index contributed by atoms with van der Waals surface area (Å²) in [6.07, 6.45) is 5.48. The lowest BCUT2D eigenvalue weighted by molar-refractivity contribution is -0.485. The summed E-state index contributed by atoms with van der Waals surface area (Å²) in [6, 6.07) is 0. The number of nitro groups is 1. The zero-order chi connectivity index (χ0) is 11.0. The van der Waals surface area contributed by atoms with Crippen molar-refractivity contribution >= 4 is 5.71 Å². The van der Waals surface area contributed by atoms with Gasteiger partial charge in [0.25, 0.3) is 0 Å². The van der Waals surface area contributed by atoms with E-state index in [1.165, 1.54) is 12.8 Å². The van der Waals surface area contributed by atoms with Gasteiger partial charge in [-0.1, -0.05) is 33.1 Å². The second-order valence-corrected chi connectivity index (χ2v) is 3.58. The highest BCUT2D eigenvalue weighted by Crippen LogP contribution is 2.15. The topological polar surface area (TPSA) is 55.5 Å². The molecule has 0 saturated carbocycles. The van der Waals surface area contributed by atoms with E-state index in [0.29, 0.717) is 5.71 Å². The number of nitrogens with zero attached hydrogens (tertiary/aromatic N) is 2. The second-order valence-electron chi connectivity index (χ2n) is 3.58. The molecule has 0 aliphatic rings.